The van der Waals surface area contributed by atoms with Crippen LogP contribution in [0.25, 0.3) is 10.2 Å². The average Bonchev–Trinajstić information content (AvgIpc) is 3.12. The van der Waals surface area contributed by atoms with Crippen LogP contribution in [0.4, 0.5) is 0 Å². The van der Waals surface area contributed by atoms with E-state index >= 15 is 0 Å². The molecule has 26 heavy (non-hydrogen) atoms. The van der Waals surface area contributed by atoms with Crippen LogP contribution in [-0.2, 0) is 11.3 Å². The number of hydrogen-bond acceptors (Lipinski definition) is 4. The van der Waals surface area contributed by atoms with Crippen molar-refractivity contribution < 1.29 is 9.53 Å². The summed E-state index contributed by atoms with van der Waals surface area (Å²) in [5.74, 6) is -0.105. The Morgan fingerprint density at radius 2 is 2.15 bits per heavy atom. The molecule has 2 aromatic heterocycles. The molecule has 0 bridgehead atoms. The van der Waals surface area contributed by atoms with E-state index in [4.69, 9.17) is 27.9 Å². The van der Waals surface area contributed by atoms with Gasteiger partial charge in [0.1, 0.15) is 4.83 Å². The second-order valence-corrected chi connectivity index (χ2v) is 8.01. The molecule has 138 valence electrons. The van der Waals surface area contributed by atoms with Crippen LogP contribution in [0.5, 0.6) is 0 Å². The van der Waals surface area contributed by atoms with E-state index in [0.717, 1.165) is 21.5 Å². The number of hydrogen-bond donors (Lipinski definition) is 1. The van der Waals surface area contributed by atoms with Gasteiger partial charge in [0.15, 0.2) is 0 Å². The van der Waals surface area contributed by atoms with E-state index in [-0.39, 0.29) is 11.9 Å². The van der Waals surface area contributed by atoms with Crippen molar-refractivity contribution in [3.8, 4) is 0 Å². The van der Waals surface area contributed by atoms with E-state index < -0.39 is 0 Å². The van der Waals surface area contributed by atoms with Crippen molar-refractivity contribution in [3.63, 3.8) is 0 Å². The first kappa shape index (κ1) is 19.2. The number of aryl methyl sites for hydroxylation is 1. The molecule has 3 aromatic rings. The van der Waals surface area contributed by atoms with Gasteiger partial charge in [-0.2, -0.15) is 5.10 Å². The number of halogens is 2. The minimum Gasteiger partial charge on any atom is -0.383 e. The molecule has 0 radical (unpaired) electrons. The maximum absolute atomic E-state index is 12.4. The second-order valence-electron chi connectivity index (χ2n) is 6.14. The van der Waals surface area contributed by atoms with Crippen LogP contribution < -0.4 is 5.32 Å². The summed E-state index contributed by atoms with van der Waals surface area (Å²) in [6, 6.07) is 7.25. The minimum absolute atomic E-state index is 0.0526. The zero-order valence-electron chi connectivity index (χ0n) is 14.7. The SMILES string of the molecule is COC[C@@H](C)NC(=O)c1cc2c(C)nn(Cc3ccc(Cl)cc3Cl)c2s1. The smallest absolute Gasteiger partial charge is 0.261 e. The normalized spacial score (nSPS) is 12.5. The van der Waals surface area contributed by atoms with E-state index in [0.29, 0.717) is 28.1 Å². The Labute approximate surface area is 165 Å². The van der Waals surface area contributed by atoms with Gasteiger partial charge < -0.3 is 10.1 Å². The number of amides is 1. The zero-order valence-corrected chi connectivity index (χ0v) is 17.0. The summed E-state index contributed by atoms with van der Waals surface area (Å²) < 4.78 is 6.94. The van der Waals surface area contributed by atoms with Gasteiger partial charge >= 0.3 is 0 Å². The third kappa shape index (κ3) is 4.04. The van der Waals surface area contributed by atoms with Crippen LogP contribution in [-0.4, -0.2) is 35.4 Å². The summed E-state index contributed by atoms with van der Waals surface area (Å²) in [6.45, 7) is 4.83. The quantitative estimate of drug-likeness (QED) is 0.648. The van der Waals surface area contributed by atoms with E-state index in [9.17, 15) is 4.79 Å². The van der Waals surface area contributed by atoms with Crippen LogP contribution in [0, 0.1) is 6.92 Å². The van der Waals surface area contributed by atoms with Gasteiger partial charge in [0.25, 0.3) is 5.91 Å². The highest BCUT2D eigenvalue weighted by Crippen LogP contribution is 2.30. The number of methoxy groups -OCH3 is 1. The number of nitrogens with one attached hydrogen (secondary N) is 1. The minimum atomic E-state index is -0.105. The largest absolute Gasteiger partial charge is 0.383 e. The van der Waals surface area contributed by atoms with Gasteiger partial charge in [0, 0.05) is 28.6 Å². The van der Waals surface area contributed by atoms with Crippen molar-refractivity contribution in [3.05, 3.63) is 50.4 Å². The summed E-state index contributed by atoms with van der Waals surface area (Å²) in [5, 5.41) is 9.69. The number of ether oxygens (including phenoxy) is 1. The third-order valence-corrected chi connectivity index (χ3v) is 5.69. The number of aromatic nitrogens is 2. The summed E-state index contributed by atoms with van der Waals surface area (Å²) in [6.07, 6.45) is 0. The number of fused-ring (bicyclic) bond motifs is 1. The first-order valence-corrected chi connectivity index (χ1v) is 9.67. The van der Waals surface area contributed by atoms with Gasteiger partial charge in [-0.1, -0.05) is 29.3 Å². The van der Waals surface area contributed by atoms with Crippen LogP contribution in [0.1, 0.15) is 27.9 Å². The van der Waals surface area contributed by atoms with Crippen molar-refractivity contribution >= 4 is 50.7 Å². The van der Waals surface area contributed by atoms with Gasteiger partial charge in [-0.25, -0.2) is 0 Å². The molecule has 2 heterocycles. The zero-order chi connectivity index (χ0) is 18.8. The van der Waals surface area contributed by atoms with Gasteiger partial charge in [-0.05, 0) is 37.6 Å². The number of nitrogens with zero attached hydrogens (tertiary/aromatic N) is 2. The molecule has 0 aliphatic heterocycles. The van der Waals surface area contributed by atoms with E-state index in [1.165, 1.54) is 11.3 Å². The van der Waals surface area contributed by atoms with Crippen molar-refractivity contribution in [2.24, 2.45) is 0 Å². The fraction of sp³-hybridized carbons (Fsp3) is 0.333. The first-order valence-electron chi connectivity index (χ1n) is 8.09. The van der Waals surface area contributed by atoms with Crippen molar-refractivity contribution in [1.82, 2.24) is 15.1 Å². The first-order chi connectivity index (χ1) is 12.4. The molecule has 3 rings (SSSR count). The molecule has 0 aliphatic rings. The fourth-order valence-corrected chi connectivity index (χ4v) is 4.26. The highest BCUT2D eigenvalue weighted by atomic mass is 35.5. The number of benzene rings is 1. The fourth-order valence-electron chi connectivity index (χ4n) is 2.73. The Hall–Kier alpha value is -1.60. The maximum Gasteiger partial charge on any atom is 0.261 e. The highest BCUT2D eigenvalue weighted by molar-refractivity contribution is 7.20. The monoisotopic (exact) mass is 411 g/mol. The molecule has 0 saturated heterocycles. The molecule has 1 atom stereocenters. The molecule has 0 unspecified atom stereocenters. The molecular weight excluding hydrogens is 393 g/mol. The predicted octanol–water partition coefficient (Wildman–Crippen LogP) is 4.53. The summed E-state index contributed by atoms with van der Waals surface area (Å²) in [5.41, 5.74) is 1.80. The molecule has 8 heteroatoms. The predicted molar refractivity (Wildman–Crippen MR) is 107 cm³/mol. The lowest BCUT2D eigenvalue weighted by molar-refractivity contribution is 0.0909. The van der Waals surface area contributed by atoms with E-state index in [2.05, 4.69) is 10.4 Å². The molecule has 1 aromatic carbocycles. The summed E-state index contributed by atoms with van der Waals surface area (Å²) >= 11 is 13.7. The molecule has 1 N–H and O–H groups in total. The van der Waals surface area contributed by atoms with Crippen LogP contribution in [0.2, 0.25) is 10.0 Å². The van der Waals surface area contributed by atoms with Crippen molar-refractivity contribution in [2.45, 2.75) is 26.4 Å². The Morgan fingerprint density at radius 3 is 2.85 bits per heavy atom. The van der Waals surface area contributed by atoms with Crippen LogP contribution in [0.15, 0.2) is 24.3 Å². The second kappa shape index (κ2) is 7.96. The van der Waals surface area contributed by atoms with E-state index in [1.807, 2.05) is 30.7 Å². The van der Waals surface area contributed by atoms with Crippen LogP contribution >= 0.6 is 34.5 Å². The molecule has 0 saturated carbocycles. The Morgan fingerprint density at radius 1 is 1.38 bits per heavy atom. The topological polar surface area (TPSA) is 56.1 Å². The van der Waals surface area contributed by atoms with Crippen molar-refractivity contribution in [1.29, 1.82) is 0 Å². The highest BCUT2D eigenvalue weighted by Gasteiger charge is 2.18. The average molecular weight is 412 g/mol. The van der Waals surface area contributed by atoms with Gasteiger partial charge in [0.2, 0.25) is 0 Å². The number of thiophene rings is 1. The number of carbonyl (C=O) groups excluding carboxylic acids is 1. The molecule has 0 spiro atoms. The third-order valence-electron chi connectivity index (χ3n) is 3.96. The molecular formula is C18H19Cl2N3O2S. The molecule has 0 aliphatic carbocycles. The maximum atomic E-state index is 12.4. The Balaban J connectivity index is 1.88. The van der Waals surface area contributed by atoms with Gasteiger partial charge in [0.05, 0.1) is 23.7 Å². The lowest BCUT2D eigenvalue weighted by Gasteiger charge is -2.11. The van der Waals surface area contributed by atoms with E-state index in [1.54, 1.807) is 19.2 Å². The molecule has 5 nitrogen and oxygen atoms in total. The Kier molecular flexibility index (Phi) is 5.87. The van der Waals surface area contributed by atoms with Gasteiger partial charge in [-0.3, -0.25) is 9.48 Å². The van der Waals surface area contributed by atoms with Crippen molar-refractivity contribution in [2.75, 3.05) is 13.7 Å². The lowest BCUT2D eigenvalue weighted by atomic mass is 10.2. The lowest BCUT2D eigenvalue weighted by Crippen LogP contribution is -2.35. The summed E-state index contributed by atoms with van der Waals surface area (Å²) in [7, 11) is 1.61. The molecule has 0 fully saturated rings. The standard InChI is InChI=1S/C18H19Cl2N3O2S/c1-10(9-25-3)21-17(24)16-7-14-11(2)22-23(18(14)26-16)8-12-4-5-13(19)6-15(12)20/h4-7,10H,8-9H2,1-3H3,(H,21,24)/t10-/m1/s1. The van der Waals surface area contributed by atoms with Crippen LogP contribution in [0.3, 0.4) is 0 Å². The number of rotatable bonds is 6. The summed E-state index contributed by atoms with van der Waals surface area (Å²) in [4.78, 5) is 14.0. The molecule has 1 amide bonds. The Bertz CT molecular complexity index is 951. The van der Waals surface area contributed by atoms with Gasteiger partial charge in [-0.15, -0.1) is 11.3 Å². The number of carbonyl (C=O) groups is 1.